The summed E-state index contributed by atoms with van der Waals surface area (Å²) in [5, 5.41) is 6.35. The second kappa shape index (κ2) is 10.4. The van der Waals surface area contributed by atoms with E-state index in [1.54, 1.807) is 6.07 Å². The summed E-state index contributed by atoms with van der Waals surface area (Å²) in [6.07, 6.45) is 0. The van der Waals surface area contributed by atoms with Gasteiger partial charge in [0.2, 0.25) is 0 Å². The standard InChI is InChI=1S/C48H28O2/c1-2-10-32-27-33(22-19-29(32)9-1)30-17-20-31(21-18-30)45-35-11-3-5-13-37(35)46(38-14-6-4-12-36(38)45)34-23-24-40-44(28-34)50-43-26-25-42-47(48(40)43)39-15-7-8-16-41(39)49-42/h1-28H/i3D,4D,5D,6D,11D,12D,13D,14D. The van der Waals surface area contributed by atoms with Gasteiger partial charge in [-0.15, -0.1) is 0 Å². The summed E-state index contributed by atoms with van der Waals surface area (Å²) in [7, 11) is 0. The molecule has 0 saturated heterocycles. The molecule has 2 aromatic heterocycles. The zero-order valence-electron chi connectivity index (χ0n) is 34.4. The Balaban J connectivity index is 1.23. The maximum absolute atomic E-state index is 9.37. The first-order valence-electron chi connectivity index (χ1n) is 20.4. The van der Waals surface area contributed by atoms with Crippen molar-refractivity contribution in [2.75, 3.05) is 0 Å². The topological polar surface area (TPSA) is 26.3 Å². The van der Waals surface area contributed by atoms with Gasteiger partial charge in [-0.3, -0.25) is 0 Å². The highest BCUT2D eigenvalue weighted by molar-refractivity contribution is 6.27. The Kier molecular flexibility index (Phi) is 4.31. The number of hydrogen-bond acceptors (Lipinski definition) is 2. The van der Waals surface area contributed by atoms with E-state index in [0.717, 1.165) is 49.0 Å². The van der Waals surface area contributed by atoms with Crippen molar-refractivity contribution >= 4 is 76.2 Å². The van der Waals surface area contributed by atoms with Gasteiger partial charge in [0, 0.05) is 21.5 Å². The average molecular weight is 645 g/mol. The summed E-state index contributed by atoms with van der Waals surface area (Å²) in [4.78, 5) is 0. The Morgan fingerprint density at radius 1 is 0.340 bits per heavy atom. The molecule has 2 heterocycles. The molecule has 0 N–H and O–H groups in total. The molecule has 0 bridgehead atoms. The van der Waals surface area contributed by atoms with Crippen molar-refractivity contribution in [3.63, 3.8) is 0 Å². The van der Waals surface area contributed by atoms with Crippen molar-refractivity contribution in [1.29, 1.82) is 0 Å². The monoisotopic (exact) mass is 644 g/mol. The smallest absolute Gasteiger partial charge is 0.136 e. The van der Waals surface area contributed by atoms with Gasteiger partial charge in [-0.25, -0.2) is 0 Å². The molecular weight excluding hydrogens is 609 g/mol. The van der Waals surface area contributed by atoms with Gasteiger partial charge in [-0.05, 0) is 102 Å². The first-order valence-corrected chi connectivity index (χ1v) is 16.4. The number of rotatable bonds is 3. The molecule has 0 spiro atoms. The largest absolute Gasteiger partial charge is 0.456 e. The molecule has 0 aliphatic heterocycles. The quantitative estimate of drug-likeness (QED) is 0.179. The van der Waals surface area contributed by atoms with E-state index < -0.39 is 24.2 Å². The highest BCUT2D eigenvalue weighted by atomic mass is 16.3. The van der Waals surface area contributed by atoms with Crippen LogP contribution in [0.15, 0.2) is 179 Å². The molecule has 0 amide bonds. The Morgan fingerprint density at radius 3 is 1.56 bits per heavy atom. The lowest BCUT2D eigenvalue weighted by Crippen LogP contribution is -1.91. The number of benzene rings is 9. The lowest BCUT2D eigenvalue weighted by atomic mass is 9.85. The van der Waals surface area contributed by atoms with E-state index in [2.05, 4.69) is 24.3 Å². The minimum Gasteiger partial charge on any atom is -0.456 e. The van der Waals surface area contributed by atoms with Gasteiger partial charge in [0.1, 0.15) is 22.3 Å². The van der Waals surface area contributed by atoms with E-state index in [1.165, 1.54) is 0 Å². The van der Waals surface area contributed by atoms with Crippen LogP contribution in [0.3, 0.4) is 0 Å². The maximum atomic E-state index is 9.37. The van der Waals surface area contributed by atoms with Gasteiger partial charge in [0.15, 0.2) is 0 Å². The van der Waals surface area contributed by atoms with E-state index >= 15 is 0 Å². The van der Waals surface area contributed by atoms with Crippen LogP contribution >= 0.6 is 0 Å². The molecule has 0 unspecified atom stereocenters. The second-order valence-electron chi connectivity index (χ2n) is 12.6. The van der Waals surface area contributed by atoms with Crippen LogP contribution in [0.4, 0.5) is 0 Å². The Bertz CT molecular complexity index is 3520. The molecule has 11 aromatic rings. The van der Waals surface area contributed by atoms with Crippen LogP contribution in [0.1, 0.15) is 11.0 Å². The molecule has 232 valence electrons. The second-order valence-corrected chi connectivity index (χ2v) is 12.6. The summed E-state index contributed by atoms with van der Waals surface area (Å²) in [5.74, 6) is 0. The van der Waals surface area contributed by atoms with Crippen LogP contribution in [0.25, 0.3) is 110 Å². The van der Waals surface area contributed by atoms with Crippen molar-refractivity contribution < 1.29 is 19.8 Å². The van der Waals surface area contributed by atoms with Crippen LogP contribution in [-0.4, -0.2) is 0 Å². The van der Waals surface area contributed by atoms with E-state index in [4.69, 9.17) is 14.3 Å². The van der Waals surface area contributed by atoms with Gasteiger partial charge in [0.05, 0.1) is 11.0 Å². The van der Waals surface area contributed by atoms with E-state index in [9.17, 15) is 5.48 Å². The fourth-order valence-corrected chi connectivity index (χ4v) is 7.64. The van der Waals surface area contributed by atoms with Gasteiger partial charge in [-0.1, -0.05) is 133 Å². The zero-order chi connectivity index (χ0) is 39.7. The molecule has 9 aromatic carbocycles. The molecule has 0 aliphatic carbocycles. The van der Waals surface area contributed by atoms with Crippen molar-refractivity contribution in [2.24, 2.45) is 0 Å². The minimum atomic E-state index is -0.449. The normalized spacial score (nSPS) is 14.2. The fraction of sp³-hybridized carbons (Fsp3) is 0. The third-order valence-electron chi connectivity index (χ3n) is 9.90. The first-order chi connectivity index (χ1) is 28.1. The third kappa shape index (κ3) is 3.96. The Morgan fingerprint density at radius 2 is 0.860 bits per heavy atom. The van der Waals surface area contributed by atoms with Crippen molar-refractivity contribution in [3.8, 4) is 33.4 Å². The number of para-hydroxylation sites is 1. The van der Waals surface area contributed by atoms with Crippen molar-refractivity contribution in [3.05, 3.63) is 170 Å². The predicted molar refractivity (Wildman–Crippen MR) is 210 cm³/mol. The summed E-state index contributed by atoms with van der Waals surface area (Å²) in [5.41, 5.74) is 6.09. The Hall–Kier alpha value is -6.64. The highest BCUT2D eigenvalue weighted by Gasteiger charge is 2.20. The molecule has 0 fully saturated rings. The van der Waals surface area contributed by atoms with Crippen LogP contribution in [-0.2, 0) is 0 Å². The molecule has 0 saturated carbocycles. The van der Waals surface area contributed by atoms with Crippen LogP contribution in [0, 0.1) is 0 Å². The lowest BCUT2D eigenvalue weighted by Gasteiger charge is -2.18. The SMILES string of the molecule is [2H]c1c([2H])c([2H])c2c(-c3ccc4c(c3)oc3ccc5oc6ccccc6c5c34)c3c([2H])c([2H])c([2H])c([2H])c3c(-c3ccc(-c4ccc5ccccc5c4)cc3)c2c1[2H]. The highest BCUT2D eigenvalue weighted by Crippen LogP contribution is 2.46. The van der Waals surface area contributed by atoms with E-state index in [0.29, 0.717) is 33.4 Å². The lowest BCUT2D eigenvalue weighted by molar-refractivity contribution is 0.663. The third-order valence-corrected chi connectivity index (χ3v) is 9.90. The predicted octanol–water partition coefficient (Wildman–Crippen LogP) is 13.9. The first kappa shape index (κ1) is 20.7. The van der Waals surface area contributed by atoms with Crippen LogP contribution < -0.4 is 0 Å². The molecule has 50 heavy (non-hydrogen) atoms. The fourth-order valence-electron chi connectivity index (χ4n) is 7.64. The summed E-state index contributed by atoms with van der Waals surface area (Å²) in [6, 6.07) is 35.9. The molecule has 11 rings (SSSR count). The van der Waals surface area contributed by atoms with Gasteiger partial charge in [0.25, 0.3) is 0 Å². The number of hydrogen-bond donors (Lipinski definition) is 0. The van der Waals surface area contributed by atoms with Crippen LogP contribution in [0.5, 0.6) is 0 Å². The molecule has 2 heteroatoms. The van der Waals surface area contributed by atoms with Gasteiger partial charge < -0.3 is 8.83 Å². The molecule has 0 radical (unpaired) electrons. The summed E-state index contributed by atoms with van der Waals surface area (Å²) < 4.78 is 85.3. The molecule has 2 nitrogen and oxygen atoms in total. The van der Waals surface area contributed by atoms with E-state index in [-0.39, 0.29) is 51.3 Å². The van der Waals surface area contributed by atoms with Gasteiger partial charge in [-0.2, -0.15) is 0 Å². The number of fused-ring (bicyclic) bond motifs is 10. The molecule has 0 atom stereocenters. The van der Waals surface area contributed by atoms with Crippen LogP contribution in [0.2, 0.25) is 0 Å². The molecular formula is C48H28O2. The molecule has 0 aliphatic rings. The van der Waals surface area contributed by atoms with Crippen molar-refractivity contribution in [1.82, 2.24) is 0 Å². The average Bonchev–Trinajstić information content (AvgIpc) is 3.82. The summed E-state index contributed by atoms with van der Waals surface area (Å²) >= 11 is 0. The Labute approximate surface area is 298 Å². The summed E-state index contributed by atoms with van der Waals surface area (Å²) in [6.45, 7) is 0. The van der Waals surface area contributed by atoms with Gasteiger partial charge >= 0.3 is 0 Å². The van der Waals surface area contributed by atoms with Crippen molar-refractivity contribution in [2.45, 2.75) is 0 Å². The zero-order valence-corrected chi connectivity index (χ0v) is 26.4. The number of furan rings is 2. The minimum absolute atomic E-state index is 0.149. The maximum Gasteiger partial charge on any atom is 0.136 e. The van der Waals surface area contributed by atoms with E-state index in [1.807, 2.05) is 91.0 Å².